The van der Waals surface area contributed by atoms with Gasteiger partial charge in [0.2, 0.25) is 5.91 Å². The van der Waals surface area contributed by atoms with Crippen LogP contribution in [0.15, 0.2) is 65.8 Å². The number of aromatic nitrogens is 1. The highest BCUT2D eigenvalue weighted by Crippen LogP contribution is 2.25. The number of nitrogens with one attached hydrogen (secondary N) is 1. The molecule has 0 atom stereocenters. The molecular formula is C28H27ClFN5O2. The fraction of sp³-hybridized carbons (Fsp3) is 0.214. The number of hydrogen-bond donors (Lipinski definition) is 2. The van der Waals surface area contributed by atoms with Crippen molar-refractivity contribution in [2.24, 2.45) is 10.7 Å². The molecular weight excluding hydrogens is 493 g/mol. The van der Waals surface area contributed by atoms with Crippen LogP contribution in [0.1, 0.15) is 39.9 Å². The van der Waals surface area contributed by atoms with Gasteiger partial charge < -0.3 is 16.0 Å². The topological polar surface area (TPSA) is 101 Å². The number of allylic oxidation sites excluding steroid dienone is 1. The van der Waals surface area contributed by atoms with E-state index in [1.165, 1.54) is 12.1 Å². The van der Waals surface area contributed by atoms with Crippen LogP contribution in [0.4, 0.5) is 4.39 Å². The summed E-state index contributed by atoms with van der Waals surface area (Å²) in [5.41, 5.74) is 11.1. The molecule has 9 heteroatoms. The van der Waals surface area contributed by atoms with Gasteiger partial charge in [-0.25, -0.2) is 4.39 Å². The van der Waals surface area contributed by atoms with E-state index in [0.717, 1.165) is 28.7 Å². The number of amides is 2. The van der Waals surface area contributed by atoms with Crippen LogP contribution in [0.5, 0.6) is 0 Å². The minimum absolute atomic E-state index is 0.107. The Bertz CT molecular complexity index is 1370. The summed E-state index contributed by atoms with van der Waals surface area (Å²) in [5, 5.41) is 3.03. The lowest BCUT2D eigenvalue weighted by atomic mass is 10.0. The second-order valence-electron chi connectivity index (χ2n) is 8.69. The van der Waals surface area contributed by atoms with Crippen LogP contribution in [0, 0.1) is 5.82 Å². The summed E-state index contributed by atoms with van der Waals surface area (Å²) in [6.07, 6.45) is 6.36. The van der Waals surface area contributed by atoms with Gasteiger partial charge in [-0.05, 0) is 72.2 Å². The molecule has 0 unspecified atom stereocenters. The highest BCUT2D eigenvalue weighted by Gasteiger charge is 2.22. The molecule has 190 valence electrons. The van der Waals surface area contributed by atoms with Gasteiger partial charge in [-0.1, -0.05) is 11.6 Å². The zero-order valence-corrected chi connectivity index (χ0v) is 21.1. The molecule has 1 aliphatic heterocycles. The Hall–Kier alpha value is -4.04. The van der Waals surface area contributed by atoms with Crippen LogP contribution in [-0.2, 0) is 17.9 Å². The van der Waals surface area contributed by atoms with E-state index in [9.17, 15) is 14.0 Å². The van der Waals surface area contributed by atoms with Gasteiger partial charge in [0.25, 0.3) is 5.91 Å². The van der Waals surface area contributed by atoms with Crippen molar-refractivity contribution in [3.05, 3.63) is 93.9 Å². The molecule has 3 aromatic rings. The van der Waals surface area contributed by atoms with Crippen LogP contribution in [0.3, 0.4) is 0 Å². The third kappa shape index (κ3) is 6.59. The monoisotopic (exact) mass is 519 g/mol. The molecule has 0 saturated carbocycles. The maximum atomic E-state index is 13.4. The average molecular weight is 520 g/mol. The van der Waals surface area contributed by atoms with E-state index < -0.39 is 0 Å². The number of hydrogen-bond acceptors (Lipinski definition) is 5. The third-order valence-electron chi connectivity index (χ3n) is 6.05. The van der Waals surface area contributed by atoms with Gasteiger partial charge in [-0.3, -0.25) is 19.6 Å². The summed E-state index contributed by atoms with van der Waals surface area (Å²) < 4.78 is 13.4. The van der Waals surface area contributed by atoms with Gasteiger partial charge >= 0.3 is 0 Å². The van der Waals surface area contributed by atoms with E-state index in [-0.39, 0.29) is 17.6 Å². The Morgan fingerprint density at radius 3 is 2.73 bits per heavy atom. The van der Waals surface area contributed by atoms with Gasteiger partial charge in [-0.2, -0.15) is 0 Å². The predicted molar refractivity (Wildman–Crippen MR) is 143 cm³/mol. The van der Waals surface area contributed by atoms with Crippen LogP contribution < -0.4 is 11.1 Å². The summed E-state index contributed by atoms with van der Waals surface area (Å²) in [5.74, 6) is -0.447. The standard InChI is InChI=1S/C28H27ClFN5O2/c1-32-28(37)20-11-18(12-22(29)13-20)15-33-9-8-25(31)24-14-26(19-4-6-23(30)7-5-19)34-16-21(24)17-35-10-2-3-27(35)36/h4-9,11-14,16H,2-3,10,15,17,31H2,1H3,(H,32,37)/b25-8-,33-9?. The Labute approximate surface area is 219 Å². The van der Waals surface area contributed by atoms with Gasteiger partial charge in [0.15, 0.2) is 0 Å². The number of rotatable bonds is 8. The maximum Gasteiger partial charge on any atom is 0.251 e. The normalized spacial score (nSPS) is 14.0. The van der Waals surface area contributed by atoms with Crippen molar-refractivity contribution in [3.63, 3.8) is 0 Å². The molecule has 0 aliphatic carbocycles. The number of carbonyl (C=O) groups is 2. The predicted octanol–water partition coefficient (Wildman–Crippen LogP) is 4.59. The minimum atomic E-state index is -0.328. The Kier molecular flexibility index (Phi) is 8.30. The summed E-state index contributed by atoms with van der Waals surface area (Å²) in [6.45, 7) is 1.41. The van der Waals surface area contributed by atoms with E-state index >= 15 is 0 Å². The second kappa shape index (κ2) is 11.8. The zero-order chi connectivity index (χ0) is 26.4. The van der Waals surface area contributed by atoms with Crippen LogP contribution in [-0.4, -0.2) is 41.5 Å². The van der Waals surface area contributed by atoms with E-state index in [2.05, 4.69) is 15.3 Å². The molecule has 1 aromatic heterocycles. The quantitative estimate of drug-likeness (QED) is 0.425. The molecule has 2 amide bonds. The summed E-state index contributed by atoms with van der Waals surface area (Å²) in [6, 6.07) is 13.0. The van der Waals surface area contributed by atoms with Crippen molar-refractivity contribution in [3.8, 4) is 11.3 Å². The Morgan fingerprint density at radius 2 is 2.03 bits per heavy atom. The van der Waals surface area contributed by atoms with Crippen molar-refractivity contribution < 1.29 is 14.0 Å². The first-order valence-corrected chi connectivity index (χ1v) is 12.2. The first kappa shape index (κ1) is 26.0. The van der Waals surface area contributed by atoms with Crippen molar-refractivity contribution in [1.29, 1.82) is 0 Å². The highest BCUT2D eigenvalue weighted by molar-refractivity contribution is 6.31. The fourth-order valence-electron chi connectivity index (χ4n) is 4.13. The molecule has 3 N–H and O–H groups in total. The van der Waals surface area contributed by atoms with Crippen LogP contribution in [0.2, 0.25) is 5.02 Å². The first-order chi connectivity index (χ1) is 17.8. The van der Waals surface area contributed by atoms with Crippen LogP contribution >= 0.6 is 11.6 Å². The van der Waals surface area contributed by atoms with Gasteiger partial charge in [0, 0.05) is 66.4 Å². The van der Waals surface area contributed by atoms with E-state index in [1.54, 1.807) is 60.8 Å². The molecule has 1 aliphatic rings. The molecule has 7 nitrogen and oxygen atoms in total. The summed E-state index contributed by atoms with van der Waals surface area (Å²) >= 11 is 6.15. The SMILES string of the molecule is CNC(=O)c1cc(Cl)cc(CN=C/C=C(\N)c2cc(-c3ccc(F)cc3)ncc2CN2CCCC2=O)c1. The van der Waals surface area contributed by atoms with Gasteiger partial charge in [0.1, 0.15) is 5.82 Å². The maximum absolute atomic E-state index is 13.4. The lowest BCUT2D eigenvalue weighted by molar-refractivity contribution is -0.128. The van der Waals surface area contributed by atoms with Gasteiger partial charge in [-0.15, -0.1) is 0 Å². The molecule has 2 heterocycles. The minimum Gasteiger partial charge on any atom is -0.398 e. The smallest absolute Gasteiger partial charge is 0.251 e. The van der Waals surface area contributed by atoms with Crippen molar-refractivity contribution >= 4 is 35.3 Å². The highest BCUT2D eigenvalue weighted by atomic mass is 35.5. The Morgan fingerprint density at radius 1 is 1.24 bits per heavy atom. The molecule has 0 spiro atoms. The lowest BCUT2D eigenvalue weighted by Gasteiger charge is -2.18. The number of benzene rings is 2. The number of nitrogens with two attached hydrogens (primary N) is 1. The molecule has 4 rings (SSSR count). The fourth-order valence-corrected chi connectivity index (χ4v) is 4.39. The third-order valence-corrected chi connectivity index (χ3v) is 6.27. The van der Waals surface area contributed by atoms with Crippen molar-refractivity contribution in [2.75, 3.05) is 13.6 Å². The molecule has 0 radical (unpaired) electrons. The first-order valence-electron chi connectivity index (χ1n) is 11.8. The summed E-state index contributed by atoms with van der Waals surface area (Å²) in [4.78, 5) is 34.9. The van der Waals surface area contributed by atoms with E-state index in [0.29, 0.717) is 48.0 Å². The zero-order valence-electron chi connectivity index (χ0n) is 20.4. The largest absolute Gasteiger partial charge is 0.398 e. The van der Waals surface area contributed by atoms with Crippen molar-refractivity contribution in [1.82, 2.24) is 15.2 Å². The van der Waals surface area contributed by atoms with Crippen molar-refractivity contribution in [2.45, 2.75) is 25.9 Å². The number of nitrogens with zero attached hydrogens (tertiary/aromatic N) is 3. The molecule has 1 saturated heterocycles. The molecule has 2 aromatic carbocycles. The second-order valence-corrected chi connectivity index (χ2v) is 9.13. The summed E-state index contributed by atoms with van der Waals surface area (Å²) in [7, 11) is 1.56. The van der Waals surface area contributed by atoms with E-state index in [4.69, 9.17) is 17.3 Å². The number of aliphatic imine (C=N–C) groups is 1. The lowest BCUT2D eigenvalue weighted by Crippen LogP contribution is -2.24. The molecule has 37 heavy (non-hydrogen) atoms. The molecule has 1 fully saturated rings. The number of carbonyl (C=O) groups excluding carboxylic acids is 2. The Balaban J connectivity index is 1.59. The molecule has 0 bridgehead atoms. The average Bonchev–Trinajstić information content (AvgIpc) is 3.30. The van der Waals surface area contributed by atoms with E-state index in [1.807, 2.05) is 6.07 Å². The van der Waals surface area contributed by atoms with Crippen LogP contribution in [0.25, 0.3) is 17.0 Å². The van der Waals surface area contributed by atoms with Gasteiger partial charge in [0.05, 0.1) is 12.2 Å². The number of pyridine rings is 1. The number of halogens is 2. The number of likely N-dealkylation sites (tertiary alicyclic amines) is 1.